The van der Waals surface area contributed by atoms with Gasteiger partial charge in [-0.05, 0) is 49.4 Å². The topological polar surface area (TPSA) is 96.8 Å². The van der Waals surface area contributed by atoms with Crippen molar-refractivity contribution in [2.45, 2.75) is 20.0 Å². The maximum atomic E-state index is 12.4. The van der Waals surface area contributed by atoms with Crippen molar-refractivity contribution in [3.63, 3.8) is 0 Å². The zero-order valence-electron chi connectivity index (χ0n) is 19.5. The minimum absolute atomic E-state index is 0.140. The van der Waals surface area contributed by atoms with Crippen LogP contribution in [-0.2, 0) is 13.1 Å². The summed E-state index contributed by atoms with van der Waals surface area (Å²) in [6, 6.07) is 20.6. The first-order chi connectivity index (χ1) is 17.0. The number of hydrogen-bond acceptors (Lipinski definition) is 7. The predicted molar refractivity (Wildman–Crippen MR) is 132 cm³/mol. The summed E-state index contributed by atoms with van der Waals surface area (Å²) < 4.78 is 12.5. The van der Waals surface area contributed by atoms with Crippen molar-refractivity contribution in [2.24, 2.45) is 0 Å². The summed E-state index contributed by atoms with van der Waals surface area (Å²) >= 11 is 0. The van der Waals surface area contributed by atoms with E-state index in [1.807, 2.05) is 37.3 Å². The summed E-state index contributed by atoms with van der Waals surface area (Å²) in [6.07, 6.45) is 0. The van der Waals surface area contributed by atoms with E-state index in [4.69, 9.17) is 8.83 Å². The first kappa shape index (κ1) is 22.5. The van der Waals surface area contributed by atoms with E-state index >= 15 is 0 Å². The van der Waals surface area contributed by atoms with Crippen LogP contribution >= 0.6 is 0 Å². The van der Waals surface area contributed by atoms with Crippen molar-refractivity contribution < 1.29 is 13.6 Å². The molecule has 0 radical (unpaired) electrons. The molecule has 4 aromatic rings. The number of nitrogens with zero attached hydrogens (tertiary/aromatic N) is 4. The van der Waals surface area contributed by atoms with Crippen LogP contribution in [0.4, 0.5) is 11.5 Å². The molecule has 1 saturated heterocycles. The summed E-state index contributed by atoms with van der Waals surface area (Å²) in [6.45, 7) is 5.61. The van der Waals surface area contributed by atoms with Gasteiger partial charge in [-0.2, -0.15) is 5.10 Å². The molecule has 1 aliphatic heterocycles. The monoisotopic (exact) mass is 473 g/mol. The van der Waals surface area contributed by atoms with Crippen LogP contribution in [0, 0.1) is 6.92 Å². The summed E-state index contributed by atoms with van der Waals surface area (Å²) in [5, 5.41) is 7.32. The minimum Gasteiger partial charge on any atom is -0.465 e. The molecule has 1 aromatic carbocycles. The van der Waals surface area contributed by atoms with Gasteiger partial charge in [0.15, 0.2) is 5.76 Å². The highest BCUT2D eigenvalue weighted by Crippen LogP contribution is 2.18. The number of anilines is 2. The van der Waals surface area contributed by atoms with E-state index in [1.54, 1.807) is 18.2 Å². The average molecular weight is 474 g/mol. The molecule has 0 saturated carbocycles. The van der Waals surface area contributed by atoms with Crippen molar-refractivity contribution in [2.75, 3.05) is 36.0 Å². The summed E-state index contributed by atoms with van der Waals surface area (Å²) in [7, 11) is 0. The van der Waals surface area contributed by atoms with E-state index < -0.39 is 0 Å². The lowest BCUT2D eigenvalue weighted by Crippen LogP contribution is -2.47. The number of benzene rings is 1. The second kappa shape index (κ2) is 9.92. The lowest BCUT2D eigenvalue weighted by atomic mass is 10.2. The number of hydrogen-bond donors (Lipinski definition) is 1. The van der Waals surface area contributed by atoms with Crippen LogP contribution in [0.1, 0.15) is 27.8 Å². The van der Waals surface area contributed by atoms with Gasteiger partial charge < -0.3 is 24.0 Å². The smallest absolute Gasteiger partial charge is 0.287 e. The maximum absolute atomic E-state index is 12.4. The lowest BCUT2D eigenvalue weighted by molar-refractivity contribution is 0.0918. The number of aryl methyl sites for hydroxylation is 1. The standard InChI is InChI=1S/C26H27N5O4/c1-19-7-8-21(34-19)17-27-26(33)23-10-9-22(35-23)18-31-25(32)12-11-24(28-31)30-15-13-29(14-16-30)20-5-3-2-4-6-20/h2-12H,13-18H2,1H3,(H,27,33). The molecule has 3 aromatic heterocycles. The molecular formula is C26H27N5O4. The number of furan rings is 2. The zero-order valence-corrected chi connectivity index (χ0v) is 19.5. The van der Waals surface area contributed by atoms with Crippen LogP contribution < -0.4 is 20.7 Å². The Morgan fingerprint density at radius 3 is 2.37 bits per heavy atom. The fourth-order valence-electron chi connectivity index (χ4n) is 4.12. The quantitative estimate of drug-likeness (QED) is 0.441. The van der Waals surface area contributed by atoms with Gasteiger partial charge in [-0.1, -0.05) is 18.2 Å². The highest BCUT2D eigenvalue weighted by Gasteiger charge is 2.19. The molecule has 1 aliphatic rings. The van der Waals surface area contributed by atoms with Gasteiger partial charge in [0.1, 0.15) is 29.6 Å². The van der Waals surface area contributed by atoms with Gasteiger partial charge in [-0.25, -0.2) is 4.68 Å². The summed E-state index contributed by atoms with van der Waals surface area (Å²) in [4.78, 5) is 29.4. The van der Waals surface area contributed by atoms with Crippen LogP contribution in [0.5, 0.6) is 0 Å². The molecule has 9 nitrogen and oxygen atoms in total. The van der Waals surface area contributed by atoms with Gasteiger partial charge in [-0.15, -0.1) is 0 Å². The number of amides is 1. The van der Waals surface area contributed by atoms with E-state index in [9.17, 15) is 9.59 Å². The number of carbonyl (C=O) groups is 1. The van der Waals surface area contributed by atoms with Gasteiger partial charge >= 0.3 is 0 Å². The van der Waals surface area contributed by atoms with Crippen molar-refractivity contribution in [1.82, 2.24) is 15.1 Å². The highest BCUT2D eigenvalue weighted by atomic mass is 16.4. The highest BCUT2D eigenvalue weighted by molar-refractivity contribution is 5.91. The molecule has 1 N–H and O–H groups in total. The Labute approximate surface area is 202 Å². The van der Waals surface area contributed by atoms with E-state index in [2.05, 4.69) is 32.3 Å². The third-order valence-electron chi connectivity index (χ3n) is 5.99. The Morgan fingerprint density at radius 1 is 0.886 bits per heavy atom. The number of aromatic nitrogens is 2. The third-order valence-corrected chi connectivity index (χ3v) is 5.99. The Bertz CT molecular complexity index is 1350. The zero-order chi connectivity index (χ0) is 24.2. The summed E-state index contributed by atoms with van der Waals surface area (Å²) in [5.74, 6) is 2.49. The molecule has 0 unspecified atom stereocenters. The van der Waals surface area contributed by atoms with Gasteiger partial charge in [0.05, 0.1) is 6.54 Å². The molecule has 9 heteroatoms. The minimum atomic E-state index is -0.351. The fourth-order valence-corrected chi connectivity index (χ4v) is 4.12. The Hall–Kier alpha value is -4.27. The molecule has 1 amide bonds. The lowest BCUT2D eigenvalue weighted by Gasteiger charge is -2.36. The second-order valence-electron chi connectivity index (χ2n) is 8.46. The predicted octanol–water partition coefficient (Wildman–Crippen LogP) is 3.04. The number of para-hydroxylation sites is 1. The van der Waals surface area contributed by atoms with Crippen LogP contribution in [0.3, 0.4) is 0 Å². The molecule has 35 heavy (non-hydrogen) atoms. The maximum Gasteiger partial charge on any atom is 0.287 e. The molecule has 0 spiro atoms. The Kier molecular flexibility index (Phi) is 6.38. The van der Waals surface area contributed by atoms with Gasteiger partial charge in [0.25, 0.3) is 11.5 Å². The largest absolute Gasteiger partial charge is 0.465 e. The number of piperazine rings is 1. The van der Waals surface area contributed by atoms with E-state index in [-0.39, 0.29) is 30.3 Å². The molecular weight excluding hydrogens is 446 g/mol. The van der Waals surface area contributed by atoms with Crippen molar-refractivity contribution in [3.05, 3.63) is 100 Å². The number of nitrogens with one attached hydrogen (secondary N) is 1. The van der Waals surface area contributed by atoms with Gasteiger partial charge in [0, 0.05) is 37.9 Å². The second-order valence-corrected chi connectivity index (χ2v) is 8.46. The van der Waals surface area contributed by atoms with Gasteiger partial charge in [-0.3, -0.25) is 9.59 Å². The SMILES string of the molecule is Cc1ccc(CNC(=O)c2ccc(Cn3nc(N4CCN(c5ccccc5)CC4)ccc3=O)o2)o1. The molecule has 0 aliphatic carbocycles. The molecule has 4 heterocycles. The van der Waals surface area contributed by atoms with Crippen LogP contribution in [0.15, 0.2) is 80.4 Å². The third kappa shape index (κ3) is 5.29. The molecule has 180 valence electrons. The normalized spacial score (nSPS) is 13.7. The van der Waals surface area contributed by atoms with Crippen molar-refractivity contribution in [3.8, 4) is 0 Å². The van der Waals surface area contributed by atoms with E-state index in [0.29, 0.717) is 11.5 Å². The molecule has 0 atom stereocenters. The van der Waals surface area contributed by atoms with Crippen LogP contribution in [0.2, 0.25) is 0 Å². The average Bonchev–Trinajstić information content (AvgIpc) is 3.53. The molecule has 0 bridgehead atoms. The summed E-state index contributed by atoms with van der Waals surface area (Å²) in [5.41, 5.74) is 0.981. The van der Waals surface area contributed by atoms with Crippen molar-refractivity contribution in [1.29, 1.82) is 0 Å². The first-order valence-corrected chi connectivity index (χ1v) is 11.6. The van der Waals surface area contributed by atoms with Crippen LogP contribution in [-0.4, -0.2) is 41.9 Å². The Morgan fingerprint density at radius 2 is 1.63 bits per heavy atom. The number of rotatable bonds is 7. The van der Waals surface area contributed by atoms with Crippen molar-refractivity contribution >= 4 is 17.4 Å². The Balaban J connectivity index is 1.21. The van der Waals surface area contributed by atoms with Crippen LogP contribution in [0.25, 0.3) is 0 Å². The van der Waals surface area contributed by atoms with Gasteiger partial charge in [0.2, 0.25) is 0 Å². The molecule has 5 rings (SSSR count). The van der Waals surface area contributed by atoms with E-state index in [1.165, 1.54) is 16.4 Å². The first-order valence-electron chi connectivity index (χ1n) is 11.6. The fraction of sp³-hybridized carbons (Fsp3) is 0.269. The van der Waals surface area contributed by atoms with E-state index in [0.717, 1.165) is 37.8 Å². The molecule has 1 fully saturated rings. The number of carbonyl (C=O) groups excluding carboxylic acids is 1.